The number of rotatable bonds is 10. The van der Waals surface area contributed by atoms with Crippen molar-refractivity contribution >= 4 is 24.4 Å². The molecule has 0 amide bonds. The van der Waals surface area contributed by atoms with Crippen molar-refractivity contribution in [3.63, 3.8) is 0 Å². The Morgan fingerprint density at radius 2 is 1.80 bits per heavy atom. The van der Waals surface area contributed by atoms with E-state index in [-0.39, 0.29) is 6.47 Å². The van der Waals surface area contributed by atoms with Gasteiger partial charge in [0, 0.05) is 0 Å². The van der Waals surface area contributed by atoms with Crippen LogP contribution in [0.3, 0.4) is 0 Å². The first-order valence-electron chi connectivity index (χ1n) is 5.28. The van der Waals surface area contributed by atoms with Crippen molar-refractivity contribution in [1.29, 1.82) is 0 Å². The Morgan fingerprint density at radius 3 is 2.20 bits per heavy atom. The molecule has 0 aliphatic carbocycles. The van der Waals surface area contributed by atoms with Gasteiger partial charge >= 0.3 is 17.9 Å². The second kappa shape index (κ2) is 8.07. The van der Waals surface area contributed by atoms with E-state index in [0.717, 1.165) is 0 Å². The van der Waals surface area contributed by atoms with Crippen LogP contribution in [0.1, 0.15) is 12.8 Å². The minimum atomic E-state index is -2.59. The fourth-order valence-corrected chi connectivity index (χ4v) is 1.21. The van der Waals surface area contributed by atoms with Crippen LogP contribution in [-0.4, -0.2) is 69.7 Å². The van der Waals surface area contributed by atoms with Crippen molar-refractivity contribution in [1.82, 2.24) is 0 Å². The lowest BCUT2D eigenvalue weighted by molar-refractivity contribution is -0.181. The highest BCUT2D eigenvalue weighted by Crippen LogP contribution is 2.22. The van der Waals surface area contributed by atoms with Crippen molar-refractivity contribution in [3.05, 3.63) is 0 Å². The van der Waals surface area contributed by atoms with E-state index in [1.165, 1.54) is 0 Å². The summed E-state index contributed by atoms with van der Waals surface area (Å²) in [5, 5.41) is 35.0. The van der Waals surface area contributed by atoms with Crippen LogP contribution >= 0.6 is 0 Å². The van der Waals surface area contributed by atoms with Crippen LogP contribution < -0.4 is 0 Å². The number of carbonyl (C=O) groups excluding carboxylic acids is 2. The molecule has 0 saturated carbocycles. The Labute approximate surface area is 112 Å². The van der Waals surface area contributed by atoms with E-state index in [1.54, 1.807) is 0 Å². The Bertz CT molecular complexity index is 378. The largest absolute Gasteiger partial charge is 0.481 e. The van der Waals surface area contributed by atoms with Gasteiger partial charge in [-0.1, -0.05) is 0 Å². The van der Waals surface area contributed by atoms with E-state index < -0.39 is 55.7 Å². The molecule has 0 aliphatic rings. The Morgan fingerprint density at radius 1 is 1.20 bits per heavy atom. The number of aliphatic carboxylic acids is 2. The van der Waals surface area contributed by atoms with E-state index in [4.69, 9.17) is 20.4 Å². The van der Waals surface area contributed by atoms with Crippen molar-refractivity contribution in [2.75, 3.05) is 13.2 Å². The summed E-state index contributed by atoms with van der Waals surface area (Å²) in [7, 11) is 0. The minimum Gasteiger partial charge on any atom is -0.481 e. The number of carbonyl (C=O) groups is 4. The summed E-state index contributed by atoms with van der Waals surface area (Å²) >= 11 is 0. The average molecular weight is 294 g/mol. The third-order valence-corrected chi connectivity index (χ3v) is 2.18. The first kappa shape index (κ1) is 17.8. The van der Waals surface area contributed by atoms with Crippen molar-refractivity contribution in [2.24, 2.45) is 0 Å². The summed E-state index contributed by atoms with van der Waals surface area (Å²) in [5.74, 6) is -4.63. The molecule has 0 aliphatic heterocycles. The predicted octanol–water partition coefficient (Wildman–Crippen LogP) is -2.26. The number of ether oxygens (including phenoxy) is 2. The SMILES string of the molecule is O=COC(CC(=O)O)(CC(=O)OCC(O)CO)C(=O)O. The molecule has 0 bridgehead atoms. The van der Waals surface area contributed by atoms with Gasteiger partial charge in [0.05, 0.1) is 19.4 Å². The normalized spacial score (nSPS) is 14.7. The molecule has 0 aromatic rings. The molecule has 0 saturated heterocycles. The maximum atomic E-state index is 11.4. The molecule has 0 heterocycles. The Hall–Kier alpha value is -2.20. The second-order valence-corrected chi connectivity index (χ2v) is 3.78. The first-order valence-corrected chi connectivity index (χ1v) is 5.28. The van der Waals surface area contributed by atoms with Gasteiger partial charge in [-0.15, -0.1) is 0 Å². The summed E-state index contributed by atoms with van der Waals surface area (Å²) in [6.45, 7) is -1.58. The van der Waals surface area contributed by atoms with Crippen molar-refractivity contribution in [3.8, 4) is 0 Å². The average Bonchev–Trinajstić information content (AvgIpc) is 2.35. The molecular weight excluding hydrogens is 280 g/mol. The maximum Gasteiger partial charge on any atom is 0.349 e. The number of carboxylic acids is 2. The Kier molecular flexibility index (Phi) is 7.18. The molecule has 0 rings (SSSR count). The highest BCUT2D eigenvalue weighted by atomic mass is 16.6. The second-order valence-electron chi connectivity index (χ2n) is 3.78. The molecule has 10 nitrogen and oxygen atoms in total. The predicted molar refractivity (Wildman–Crippen MR) is 58.4 cm³/mol. The van der Waals surface area contributed by atoms with Gasteiger partial charge in [0.2, 0.25) is 5.60 Å². The van der Waals surface area contributed by atoms with Crippen LogP contribution in [0, 0.1) is 0 Å². The topological polar surface area (TPSA) is 168 Å². The van der Waals surface area contributed by atoms with Gasteiger partial charge in [0.15, 0.2) is 0 Å². The van der Waals surface area contributed by atoms with Crippen LogP contribution in [-0.2, 0) is 28.7 Å². The summed E-state index contributed by atoms with van der Waals surface area (Å²) in [6.07, 6.45) is -3.55. The first-order chi connectivity index (χ1) is 9.27. The van der Waals surface area contributed by atoms with Crippen molar-refractivity contribution in [2.45, 2.75) is 24.5 Å². The molecule has 20 heavy (non-hydrogen) atoms. The smallest absolute Gasteiger partial charge is 0.349 e. The van der Waals surface area contributed by atoms with Gasteiger partial charge in [0.25, 0.3) is 6.47 Å². The lowest BCUT2D eigenvalue weighted by Crippen LogP contribution is -2.45. The minimum absolute atomic E-state index is 0.285. The molecule has 0 aromatic carbocycles. The quantitative estimate of drug-likeness (QED) is 0.255. The van der Waals surface area contributed by atoms with Crippen LogP contribution in [0.4, 0.5) is 0 Å². The highest BCUT2D eigenvalue weighted by molar-refractivity contribution is 5.89. The molecule has 4 N–H and O–H groups in total. The van der Waals surface area contributed by atoms with Gasteiger partial charge in [-0.2, -0.15) is 0 Å². The number of aliphatic hydroxyl groups excluding tert-OH is 2. The van der Waals surface area contributed by atoms with Gasteiger partial charge in [-0.05, 0) is 0 Å². The van der Waals surface area contributed by atoms with Crippen LogP contribution in [0.2, 0.25) is 0 Å². The number of hydrogen-bond donors (Lipinski definition) is 4. The molecular formula is C10H14O10. The van der Waals surface area contributed by atoms with E-state index >= 15 is 0 Å². The zero-order chi connectivity index (χ0) is 15.8. The summed E-state index contributed by atoms with van der Waals surface area (Å²) < 4.78 is 8.66. The molecule has 0 fully saturated rings. The summed E-state index contributed by atoms with van der Waals surface area (Å²) in [4.78, 5) is 43.3. The molecule has 2 atom stereocenters. The lowest BCUT2D eigenvalue weighted by Gasteiger charge is -2.24. The maximum absolute atomic E-state index is 11.4. The fourth-order valence-electron chi connectivity index (χ4n) is 1.21. The molecule has 2 unspecified atom stereocenters. The van der Waals surface area contributed by atoms with Crippen LogP contribution in [0.5, 0.6) is 0 Å². The Balaban J connectivity index is 4.86. The standard InChI is InChI=1S/C10H14O10/c11-3-6(13)4-19-8(16)2-10(9(17)18,20-5-12)1-7(14)15/h5-6,11,13H,1-4H2,(H,14,15)(H,17,18). The molecule has 0 radical (unpaired) electrons. The summed E-state index contributed by atoms with van der Waals surface area (Å²) in [5.41, 5.74) is -2.59. The molecule has 0 spiro atoms. The third-order valence-electron chi connectivity index (χ3n) is 2.18. The third kappa shape index (κ3) is 5.63. The van der Waals surface area contributed by atoms with Gasteiger partial charge < -0.3 is 29.9 Å². The van der Waals surface area contributed by atoms with E-state index in [1.807, 2.05) is 0 Å². The van der Waals surface area contributed by atoms with Crippen LogP contribution in [0.25, 0.3) is 0 Å². The van der Waals surface area contributed by atoms with Crippen LogP contribution in [0.15, 0.2) is 0 Å². The van der Waals surface area contributed by atoms with Gasteiger partial charge in [0.1, 0.15) is 12.7 Å². The van der Waals surface area contributed by atoms with E-state index in [0.29, 0.717) is 0 Å². The lowest BCUT2D eigenvalue weighted by atomic mass is 9.95. The monoisotopic (exact) mass is 294 g/mol. The molecule has 114 valence electrons. The summed E-state index contributed by atoms with van der Waals surface area (Å²) in [6, 6.07) is 0. The van der Waals surface area contributed by atoms with Crippen molar-refractivity contribution < 1.29 is 49.1 Å². The number of hydrogen-bond acceptors (Lipinski definition) is 8. The molecule has 0 aromatic heterocycles. The zero-order valence-corrected chi connectivity index (χ0v) is 10.2. The van der Waals surface area contributed by atoms with Gasteiger partial charge in [-0.25, -0.2) is 4.79 Å². The van der Waals surface area contributed by atoms with E-state index in [9.17, 15) is 19.2 Å². The fraction of sp³-hybridized carbons (Fsp3) is 0.600. The number of esters is 1. The van der Waals surface area contributed by atoms with Gasteiger partial charge in [-0.3, -0.25) is 14.4 Å². The van der Waals surface area contributed by atoms with E-state index in [2.05, 4.69) is 9.47 Å². The highest BCUT2D eigenvalue weighted by Gasteiger charge is 2.46. The molecule has 10 heteroatoms. The number of carboxylic acid groups (broad SMARTS) is 2. The zero-order valence-electron chi connectivity index (χ0n) is 10.2. The number of aliphatic hydroxyl groups is 2.